The summed E-state index contributed by atoms with van der Waals surface area (Å²) >= 11 is 11.8. The van der Waals surface area contributed by atoms with Gasteiger partial charge in [-0.2, -0.15) is 0 Å². The highest BCUT2D eigenvalue weighted by Crippen LogP contribution is 2.33. The van der Waals surface area contributed by atoms with E-state index in [9.17, 15) is 4.79 Å². The first kappa shape index (κ1) is 8.85. The van der Waals surface area contributed by atoms with E-state index in [1.54, 1.807) is 24.1 Å². The minimum absolute atomic E-state index is 0.00793. The maximum absolute atomic E-state index is 11.5. The van der Waals surface area contributed by atoms with Crippen molar-refractivity contribution in [3.8, 4) is 0 Å². The van der Waals surface area contributed by atoms with Crippen LogP contribution in [0.15, 0.2) is 12.1 Å². The average Bonchev–Trinajstić information content (AvgIpc) is 2.38. The van der Waals surface area contributed by atoms with Crippen LogP contribution in [0, 0.1) is 0 Å². The van der Waals surface area contributed by atoms with Gasteiger partial charge in [-0.3, -0.25) is 4.79 Å². The molecule has 1 aliphatic heterocycles. The number of halogens is 2. The van der Waals surface area contributed by atoms with Gasteiger partial charge in [-0.15, -0.1) is 0 Å². The Morgan fingerprint density at radius 2 is 2.08 bits per heavy atom. The van der Waals surface area contributed by atoms with Gasteiger partial charge in [0.15, 0.2) is 0 Å². The van der Waals surface area contributed by atoms with Crippen LogP contribution >= 0.6 is 23.2 Å². The number of amides is 1. The van der Waals surface area contributed by atoms with E-state index < -0.39 is 0 Å². The third kappa shape index (κ3) is 1.21. The lowest BCUT2D eigenvalue weighted by molar-refractivity contribution is 0.0816. The second-order valence-corrected chi connectivity index (χ2v) is 3.83. The predicted molar refractivity (Wildman–Crippen MR) is 52.3 cm³/mol. The first-order valence-electron chi connectivity index (χ1n) is 3.83. The molecule has 68 valence electrons. The first-order valence-corrected chi connectivity index (χ1v) is 4.59. The summed E-state index contributed by atoms with van der Waals surface area (Å²) in [7, 11) is 1.74. The zero-order valence-corrected chi connectivity index (χ0v) is 8.49. The van der Waals surface area contributed by atoms with Crippen LogP contribution < -0.4 is 0 Å². The molecule has 0 atom stereocenters. The molecule has 0 fully saturated rings. The number of nitrogens with zero attached hydrogens (tertiary/aromatic N) is 1. The summed E-state index contributed by atoms with van der Waals surface area (Å²) in [5, 5.41) is 1.00. The summed E-state index contributed by atoms with van der Waals surface area (Å²) in [4.78, 5) is 13.1. The van der Waals surface area contributed by atoms with Crippen LogP contribution in [-0.4, -0.2) is 17.9 Å². The van der Waals surface area contributed by atoms with Gasteiger partial charge in [-0.05, 0) is 12.1 Å². The van der Waals surface area contributed by atoms with Crippen LogP contribution in [0.2, 0.25) is 10.0 Å². The molecule has 0 radical (unpaired) electrons. The topological polar surface area (TPSA) is 20.3 Å². The third-order valence-electron chi connectivity index (χ3n) is 2.17. The molecule has 0 saturated heterocycles. The molecule has 0 spiro atoms. The fourth-order valence-corrected chi connectivity index (χ4v) is 1.86. The monoisotopic (exact) mass is 215 g/mol. The van der Waals surface area contributed by atoms with Crippen molar-refractivity contribution in [1.29, 1.82) is 0 Å². The van der Waals surface area contributed by atoms with Gasteiger partial charge >= 0.3 is 0 Å². The van der Waals surface area contributed by atoms with Crippen LogP contribution in [0.4, 0.5) is 0 Å². The molecule has 0 aliphatic carbocycles. The van der Waals surface area contributed by atoms with Crippen LogP contribution in [0.3, 0.4) is 0 Å². The summed E-state index contributed by atoms with van der Waals surface area (Å²) in [6, 6.07) is 3.37. The highest BCUT2D eigenvalue weighted by Gasteiger charge is 2.26. The van der Waals surface area contributed by atoms with Gasteiger partial charge in [-0.25, -0.2) is 0 Å². The number of hydrogen-bond acceptors (Lipinski definition) is 1. The number of fused-ring (bicyclic) bond motifs is 1. The summed E-state index contributed by atoms with van der Waals surface area (Å²) in [6.07, 6.45) is 0. The van der Waals surface area contributed by atoms with Crippen molar-refractivity contribution in [2.75, 3.05) is 7.05 Å². The molecule has 4 heteroatoms. The molecule has 1 heterocycles. The highest BCUT2D eigenvalue weighted by molar-refractivity contribution is 6.42. The van der Waals surface area contributed by atoms with E-state index in [1.165, 1.54) is 0 Å². The van der Waals surface area contributed by atoms with Crippen LogP contribution in [-0.2, 0) is 6.54 Å². The third-order valence-corrected chi connectivity index (χ3v) is 3.01. The summed E-state index contributed by atoms with van der Waals surface area (Å²) in [5.74, 6) is 0.00793. The zero-order chi connectivity index (χ0) is 9.59. The summed E-state index contributed by atoms with van der Waals surface area (Å²) < 4.78 is 0. The Morgan fingerprint density at radius 1 is 1.38 bits per heavy atom. The minimum atomic E-state index is 0.00793. The Hall–Kier alpha value is -0.730. The molecular weight excluding hydrogens is 209 g/mol. The summed E-state index contributed by atoms with van der Waals surface area (Å²) in [6.45, 7) is 0.549. The van der Waals surface area contributed by atoms with E-state index in [0.29, 0.717) is 22.2 Å². The normalized spacial score (nSPS) is 15.0. The number of carbonyl (C=O) groups excluding carboxylic acids is 1. The maximum Gasteiger partial charge on any atom is 0.254 e. The quantitative estimate of drug-likeness (QED) is 0.652. The Morgan fingerprint density at radius 3 is 2.77 bits per heavy atom. The molecule has 1 aliphatic rings. The molecule has 0 saturated carbocycles. The van der Waals surface area contributed by atoms with Crippen molar-refractivity contribution in [3.63, 3.8) is 0 Å². The standard InChI is InChI=1S/C9H7Cl2NO/c1-12-4-6-5(9(12)13)2-3-7(10)8(6)11/h2-3H,4H2,1H3. The molecule has 2 nitrogen and oxygen atoms in total. The van der Waals surface area contributed by atoms with Crippen molar-refractivity contribution >= 4 is 29.1 Å². The summed E-state index contributed by atoms with van der Waals surface area (Å²) in [5.41, 5.74) is 1.50. The van der Waals surface area contributed by atoms with Crippen LogP contribution in [0.25, 0.3) is 0 Å². The van der Waals surface area contributed by atoms with E-state index in [4.69, 9.17) is 23.2 Å². The first-order chi connectivity index (χ1) is 6.11. The van der Waals surface area contributed by atoms with E-state index >= 15 is 0 Å². The number of rotatable bonds is 0. The molecule has 1 aromatic rings. The van der Waals surface area contributed by atoms with E-state index in [1.807, 2.05) is 0 Å². The fourth-order valence-electron chi connectivity index (χ4n) is 1.46. The van der Waals surface area contributed by atoms with Gasteiger partial charge in [0.05, 0.1) is 10.0 Å². The highest BCUT2D eigenvalue weighted by atomic mass is 35.5. The van der Waals surface area contributed by atoms with Gasteiger partial charge in [0, 0.05) is 24.7 Å². The van der Waals surface area contributed by atoms with E-state index in [2.05, 4.69) is 0 Å². The van der Waals surface area contributed by atoms with Crippen molar-refractivity contribution in [2.45, 2.75) is 6.54 Å². The average molecular weight is 216 g/mol. The Kier molecular flexibility index (Phi) is 1.97. The molecule has 1 aromatic carbocycles. The molecule has 13 heavy (non-hydrogen) atoms. The molecule has 0 bridgehead atoms. The van der Waals surface area contributed by atoms with Crippen LogP contribution in [0.1, 0.15) is 15.9 Å². The van der Waals surface area contributed by atoms with Crippen molar-refractivity contribution in [1.82, 2.24) is 4.90 Å². The van der Waals surface area contributed by atoms with E-state index in [0.717, 1.165) is 5.56 Å². The number of hydrogen-bond donors (Lipinski definition) is 0. The van der Waals surface area contributed by atoms with Crippen molar-refractivity contribution in [3.05, 3.63) is 33.3 Å². The van der Waals surface area contributed by atoms with E-state index in [-0.39, 0.29) is 5.91 Å². The molecule has 0 unspecified atom stereocenters. The second kappa shape index (κ2) is 2.89. The lowest BCUT2D eigenvalue weighted by Gasteiger charge is -2.04. The van der Waals surface area contributed by atoms with Gasteiger partial charge in [0.1, 0.15) is 0 Å². The Labute approximate surface area is 86.0 Å². The zero-order valence-electron chi connectivity index (χ0n) is 6.97. The van der Waals surface area contributed by atoms with Gasteiger partial charge in [-0.1, -0.05) is 23.2 Å². The van der Waals surface area contributed by atoms with Gasteiger partial charge < -0.3 is 4.90 Å². The second-order valence-electron chi connectivity index (χ2n) is 3.05. The lowest BCUT2D eigenvalue weighted by atomic mass is 10.1. The van der Waals surface area contributed by atoms with Crippen LogP contribution in [0.5, 0.6) is 0 Å². The van der Waals surface area contributed by atoms with Gasteiger partial charge in [0.2, 0.25) is 0 Å². The number of carbonyl (C=O) groups is 1. The van der Waals surface area contributed by atoms with Crippen molar-refractivity contribution < 1.29 is 4.79 Å². The maximum atomic E-state index is 11.5. The Bertz CT molecular complexity index is 389. The molecule has 2 rings (SSSR count). The smallest absolute Gasteiger partial charge is 0.254 e. The molecular formula is C9H7Cl2NO. The molecule has 1 amide bonds. The predicted octanol–water partition coefficient (Wildman–Crippen LogP) is 2.58. The fraction of sp³-hybridized carbons (Fsp3) is 0.222. The SMILES string of the molecule is CN1Cc2c(ccc(Cl)c2Cl)C1=O. The number of benzene rings is 1. The largest absolute Gasteiger partial charge is 0.337 e. The van der Waals surface area contributed by atoms with Gasteiger partial charge in [0.25, 0.3) is 5.91 Å². The lowest BCUT2D eigenvalue weighted by Crippen LogP contribution is -2.17. The van der Waals surface area contributed by atoms with Crippen molar-refractivity contribution in [2.24, 2.45) is 0 Å². The molecule has 0 N–H and O–H groups in total. The Balaban J connectivity index is 2.64. The molecule has 0 aromatic heterocycles. The minimum Gasteiger partial charge on any atom is -0.337 e.